The van der Waals surface area contributed by atoms with Gasteiger partial charge in [0.05, 0.1) is 19.8 Å². The van der Waals surface area contributed by atoms with Crippen LogP contribution < -0.4 is 4.74 Å². The van der Waals surface area contributed by atoms with Crippen LogP contribution in [0.1, 0.15) is 37.2 Å². The van der Waals surface area contributed by atoms with Crippen molar-refractivity contribution in [2.24, 2.45) is 5.92 Å². The van der Waals surface area contributed by atoms with Crippen LogP contribution in [-0.4, -0.2) is 26.4 Å². The van der Waals surface area contributed by atoms with E-state index in [0.29, 0.717) is 62.3 Å². The number of unbranched alkanes of at least 4 members (excludes halogenated alkanes) is 1. The highest BCUT2D eigenvalue weighted by atomic mass is 19.3. The Morgan fingerprint density at radius 1 is 0.821 bits per heavy atom. The fraction of sp³-hybridized carbons (Fsp3) is 0.357. The topological polar surface area (TPSA) is 36.9 Å². The van der Waals surface area contributed by atoms with Crippen LogP contribution >= 0.6 is 0 Å². The van der Waals surface area contributed by atoms with Crippen molar-refractivity contribution in [2.75, 3.05) is 26.4 Å². The van der Waals surface area contributed by atoms with Gasteiger partial charge >= 0.3 is 6.11 Å². The summed E-state index contributed by atoms with van der Waals surface area (Å²) in [5.74, 6) is -7.99. The van der Waals surface area contributed by atoms with E-state index in [0.717, 1.165) is 18.9 Å². The normalized spacial score (nSPS) is 17.8. The Balaban J connectivity index is 1.47. The quantitative estimate of drug-likeness (QED) is 0.189. The van der Waals surface area contributed by atoms with Crippen LogP contribution in [0.15, 0.2) is 48.5 Å². The molecule has 1 fully saturated rings. The SMILES string of the molecule is CCCCOCC1COC(c2ccc(-c3cc(F)c(C(F)(F)Oc4ccc(F)c(F)c4)c(F)c3)c(F)c2)OC1. The highest BCUT2D eigenvalue weighted by molar-refractivity contribution is 5.65. The Kier molecular flexibility index (Phi) is 9.14. The lowest BCUT2D eigenvalue weighted by Crippen LogP contribution is -2.30. The Morgan fingerprint density at radius 3 is 2.13 bits per heavy atom. The molecule has 1 aliphatic rings. The monoisotopic (exact) mass is 558 g/mol. The van der Waals surface area contributed by atoms with Gasteiger partial charge in [-0.05, 0) is 42.3 Å². The highest BCUT2D eigenvalue weighted by Crippen LogP contribution is 2.38. The second kappa shape index (κ2) is 12.4. The van der Waals surface area contributed by atoms with Gasteiger partial charge in [-0.1, -0.05) is 25.5 Å². The summed E-state index contributed by atoms with van der Waals surface area (Å²) in [5.41, 5.74) is -2.06. The molecule has 39 heavy (non-hydrogen) atoms. The number of alkyl halides is 2. The van der Waals surface area contributed by atoms with E-state index in [9.17, 15) is 30.7 Å². The summed E-state index contributed by atoms with van der Waals surface area (Å²) in [6.07, 6.45) is -3.48. The summed E-state index contributed by atoms with van der Waals surface area (Å²) in [4.78, 5) is 0. The van der Waals surface area contributed by atoms with E-state index in [1.807, 2.05) is 0 Å². The van der Waals surface area contributed by atoms with E-state index in [-0.39, 0.29) is 17.0 Å². The van der Waals surface area contributed by atoms with Crippen LogP contribution in [0.25, 0.3) is 11.1 Å². The molecule has 3 aromatic rings. The minimum absolute atomic E-state index is 0.0240. The number of rotatable bonds is 10. The van der Waals surface area contributed by atoms with E-state index in [4.69, 9.17) is 14.2 Å². The fourth-order valence-corrected chi connectivity index (χ4v) is 3.99. The number of hydrogen-bond donors (Lipinski definition) is 0. The van der Waals surface area contributed by atoms with Gasteiger partial charge in [0, 0.05) is 29.7 Å². The average molecular weight is 558 g/mol. The Morgan fingerprint density at radius 2 is 1.51 bits per heavy atom. The zero-order valence-electron chi connectivity index (χ0n) is 20.8. The largest absolute Gasteiger partial charge is 0.432 e. The van der Waals surface area contributed by atoms with Crippen molar-refractivity contribution in [3.8, 4) is 16.9 Å². The van der Waals surface area contributed by atoms with E-state index in [2.05, 4.69) is 11.7 Å². The maximum atomic E-state index is 14.9. The molecule has 0 atom stereocenters. The third kappa shape index (κ3) is 6.90. The lowest BCUT2D eigenvalue weighted by atomic mass is 10.00. The summed E-state index contributed by atoms with van der Waals surface area (Å²) in [6, 6.07) is 6.29. The molecule has 0 spiro atoms. The summed E-state index contributed by atoms with van der Waals surface area (Å²) < 4.78 is 121. The van der Waals surface area contributed by atoms with Gasteiger partial charge in [-0.25, -0.2) is 22.0 Å². The van der Waals surface area contributed by atoms with Gasteiger partial charge in [-0.15, -0.1) is 0 Å². The Bertz CT molecular complexity index is 1270. The number of benzene rings is 3. The van der Waals surface area contributed by atoms with Crippen molar-refractivity contribution < 1.29 is 49.7 Å². The predicted molar refractivity (Wildman–Crippen MR) is 126 cm³/mol. The van der Waals surface area contributed by atoms with Gasteiger partial charge in [0.1, 0.15) is 28.8 Å². The van der Waals surface area contributed by atoms with Crippen molar-refractivity contribution in [2.45, 2.75) is 32.2 Å². The first-order valence-electron chi connectivity index (χ1n) is 12.2. The minimum atomic E-state index is -4.59. The molecular weight excluding hydrogens is 533 g/mol. The van der Waals surface area contributed by atoms with Crippen LogP contribution in [0.3, 0.4) is 0 Å². The van der Waals surface area contributed by atoms with Crippen molar-refractivity contribution >= 4 is 0 Å². The lowest BCUT2D eigenvalue weighted by molar-refractivity contribution is -0.212. The van der Waals surface area contributed by atoms with Gasteiger partial charge in [0.15, 0.2) is 17.9 Å². The molecule has 4 rings (SSSR count). The van der Waals surface area contributed by atoms with E-state index >= 15 is 0 Å². The predicted octanol–water partition coefficient (Wildman–Crippen LogP) is 7.66. The van der Waals surface area contributed by atoms with Crippen LogP contribution in [0.2, 0.25) is 0 Å². The molecule has 1 heterocycles. The smallest absolute Gasteiger partial charge is 0.429 e. The van der Waals surface area contributed by atoms with Crippen LogP contribution in [-0.2, 0) is 20.3 Å². The zero-order valence-corrected chi connectivity index (χ0v) is 20.8. The summed E-state index contributed by atoms with van der Waals surface area (Å²) in [5, 5.41) is 0. The molecule has 3 aromatic carbocycles. The number of ether oxygens (including phenoxy) is 4. The maximum absolute atomic E-state index is 14.9. The molecule has 0 aliphatic carbocycles. The third-order valence-corrected chi connectivity index (χ3v) is 6.01. The molecule has 1 saturated heterocycles. The summed E-state index contributed by atoms with van der Waals surface area (Å²) in [7, 11) is 0. The zero-order chi connectivity index (χ0) is 28.2. The molecule has 0 unspecified atom stereocenters. The molecule has 1 aliphatic heterocycles. The first-order chi connectivity index (χ1) is 18.6. The molecule has 210 valence electrons. The fourth-order valence-electron chi connectivity index (χ4n) is 3.99. The van der Waals surface area contributed by atoms with Crippen molar-refractivity contribution in [3.63, 3.8) is 0 Å². The molecule has 0 radical (unpaired) electrons. The molecule has 0 bridgehead atoms. The number of halogens is 7. The van der Waals surface area contributed by atoms with E-state index < -0.39 is 52.8 Å². The molecule has 0 aromatic heterocycles. The van der Waals surface area contributed by atoms with Crippen LogP contribution in [0, 0.1) is 35.0 Å². The van der Waals surface area contributed by atoms with Crippen molar-refractivity contribution in [1.29, 1.82) is 0 Å². The lowest BCUT2D eigenvalue weighted by Gasteiger charge is -2.29. The van der Waals surface area contributed by atoms with Gasteiger partial charge in [0.25, 0.3) is 0 Å². The van der Waals surface area contributed by atoms with Crippen molar-refractivity contribution in [3.05, 3.63) is 88.7 Å². The van der Waals surface area contributed by atoms with Gasteiger partial charge in [0.2, 0.25) is 0 Å². The average Bonchev–Trinajstić information content (AvgIpc) is 2.88. The molecule has 0 amide bonds. The second-order valence-electron chi connectivity index (χ2n) is 9.04. The van der Waals surface area contributed by atoms with Gasteiger partial charge < -0.3 is 18.9 Å². The maximum Gasteiger partial charge on any atom is 0.432 e. The van der Waals surface area contributed by atoms with Crippen molar-refractivity contribution in [1.82, 2.24) is 0 Å². The first kappa shape index (κ1) is 28.8. The molecule has 11 heteroatoms. The summed E-state index contributed by atoms with van der Waals surface area (Å²) >= 11 is 0. The first-order valence-corrected chi connectivity index (χ1v) is 12.2. The van der Waals surface area contributed by atoms with Crippen LogP contribution in [0.4, 0.5) is 30.7 Å². The van der Waals surface area contributed by atoms with E-state index in [1.165, 1.54) is 12.1 Å². The van der Waals surface area contributed by atoms with Crippen LogP contribution in [0.5, 0.6) is 5.75 Å². The standard InChI is InChI=1S/C28H25F7O4/c1-2-3-8-36-13-16-14-37-27(38-15-16)17-4-6-20(22(30)9-17)18-10-24(32)26(25(33)11-18)28(34,35)39-19-5-7-21(29)23(31)12-19/h4-7,9-12,16,27H,2-3,8,13-15H2,1H3. The van der Waals surface area contributed by atoms with E-state index in [1.54, 1.807) is 0 Å². The van der Waals surface area contributed by atoms with Gasteiger partial charge in [-0.2, -0.15) is 8.78 Å². The Labute approximate surface area is 220 Å². The number of hydrogen-bond acceptors (Lipinski definition) is 4. The second-order valence-corrected chi connectivity index (χ2v) is 9.04. The minimum Gasteiger partial charge on any atom is -0.429 e. The molecule has 4 nitrogen and oxygen atoms in total. The molecular formula is C28H25F7O4. The van der Waals surface area contributed by atoms with Gasteiger partial charge in [-0.3, -0.25) is 0 Å². The summed E-state index contributed by atoms with van der Waals surface area (Å²) in [6.45, 7) is 3.84. The third-order valence-electron chi connectivity index (χ3n) is 6.01. The Hall–Kier alpha value is -3.15. The highest BCUT2D eigenvalue weighted by Gasteiger charge is 2.41. The molecule has 0 saturated carbocycles. The molecule has 0 N–H and O–H groups in total.